The van der Waals surface area contributed by atoms with E-state index in [0.717, 1.165) is 23.1 Å². The first-order valence-electron chi connectivity index (χ1n) is 4.72. The summed E-state index contributed by atoms with van der Waals surface area (Å²) in [6.45, 7) is 2.02. The lowest BCUT2D eigenvalue weighted by Crippen LogP contribution is -2.15. The number of ether oxygens (including phenoxy) is 1. The molecular weight excluding hydrogens is 242 g/mol. The molecule has 0 amide bonds. The highest BCUT2D eigenvalue weighted by molar-refractivity contribution is 9.10. The summed E-state index contributed by atoms with van der Waals surface area (Å²) in [5.74, 6) is 0.882. The third kappa shape index (κ3) is 3.00. The van der Waals surface area contributed by atoms with Crippen LogP contribution in [0.2, 0.25) is 0 Å². The van der Waals surface area contributed by atoms with Crippen LogP contribution in [-0.4, -0.2) is 13.2 Å². The van der Waals surface area contributed by atoms with Gasteiger partial charge in [-0.05, 0) is 47.3 Å². The van der Waals surface area contributed by atoms with Crippen LogP contribution in [-0.2, 0) is 6.42 Å². The van der Waals surface area contributed by atoms with Gasteiger partial charge < -0.3 is 10.5 Å². The Balaban J connectivity index is 2.76. The number of nitrogens with two attached hydrogens (primary N) is 1. The van der Waals surface area contributed by atoms with Gasteiger partial charge >= 0.3 is 0 Å². The summed E-state index contributed by atoms with van der Waals surface area (Å²) in [7, 11) is 1.68. The van der Waals surface area contributed by atoms with E-state index in [1.807, 2.05) is 19.1 Å². The maximum Gasteiger partial charge on any atom is 0.133 e. The quantitative estimate of drug-likeness (QED) is 0.901. The second-order valence-electron chi connectivity index (χ2n) is 3.45. The SMILES string of the molecule is COc1cccc(CC[C@H](C)N)c1Br. The third-order valence-electron chi connectivity index (χ3n) is 2.13. The van der Waals surface area contributed by atoms with E-state index < -0.39 is 0 Å². The van der Waals surface area contributed by atoms with Gasteiger partial charge in [-0.3, -0.25) is 0 Å². The van der Waals surface area contributed by atoms with Crippen LogP contribution in [0.5, 0.6) is 5.75 Å². The molecule has 0 radical (unpaired) electrons. The van der Waals surface area contributed by atoms with Crippen LogP contribution in [0.25, 0.3) is 0 Å². The minimum absolute atomic E-state index is 0.244. The lowest BCUT2D eigenvalue weighted by atomic mass is 10.1. The minimum Gasteiger partial charge on any atom is -0.496 e. The highest BCUT2D eigenvalue weighted by atomic mass is 79.9. The minimum atomic E-state index is 0.244. The van der Waals surface area contributed by atoms with Crippen LogP contribution >= 0.6 is 15.9 Å². The van der Waals surface area contributed by atoms with Crippen molar-refractivity contribution < 1.29 is 4.74 Å². The maximum atomic E-state index is 5.71. The second-order valence-corrected chi connectivity index (χ2v) is 4.24. The topological polar surface area (TPSA) is 35.2 Å². The van der Waals surface area contributed by atoms with Crippen molar-refractivity contribution in [1.82, 2.24) is 0 Å². The van der Waals surface area contributed by atoms with Gasteiger partial charge in [-0.2, -0.15) is 0 Å². The highest BCUT2D eigenvalue weighted by Gasteiger charge is 2.06. The summed E-state index contributed by atoms with van der Waals surface area (Å²) in [5.41, 5.74) is 6.97. The Labute approximate surface area is 93.6 Å². The van der Waals surface area contributed by atoms with E-state index in [1.54, 1.807) is 7.11 Å². The summed E-state index contributed by atoms with van der Waals surface area (Å²) < 4.78 is 6.26. The molecule has 0 aromatic heterocycles. The summed E-state index contributed by atoms with van der Waals surface area (Å²) in [6.07, 6.45) is 1.97. The predicted molar refractivity (Wildman–Crippen MR) is 62.7 cm³/mol. The first-order valence-corrected chi connectivity index (χ1v) is 5.51. The smallest absolute Gasteiger partial charge is 0.133 e. The van der Waals surface area contributed by atoms with Crippen molar-refractivity contribution in [3.8, 4) is 5.75 Å². The molecule has 1 aromatic rings. The molecule has 2 nitrogen and oxygen atoms in total. The van der Waals surface area contributed by atoms with Crippen LogP contribution in [0.15, 0.2) is 22.7 Å². The molecule has 0 bridgehead atoms. The zero-order chi connectivity index (χ0) is 10.6. The number of rotatable bonds is 4. The van der Waals surface area contributed by atoms with Crippen molar-refractivity contribution in [2.75, 3.05) is 7.11 Å². The first-order chi connectivity index (χ1) is 6.65. The van der Waals surface area contributed by atoms with Crippen molar-refractivity contribution >= 4 is 15.9 Å². The Morgan fingerprint density at radius 1 is 1.50 bits per heavy atom. The summed E-state index contributed by atoms with van der Waals surface area (Å²) in [5, 5.41) is 0. The molecule has 0 heterocycles. The Bertz CT molecular complexity index is 299. The molecule has 0 aliphatic heterocycles. The highest BCUT2D eigenvalue weighted by Crippen LogP contribution is 2.29. The molecule has 0 saturated heterocycles. The molecule has 78 valence electrons. The van der Waals surface area contributed by atoms with Crippen molar-refractivity contribution in [3.63, 3.8) is 0 Å². The number of hydrogen-bond donors (Lipinski definition) is 1. The fourth-order valence-corrected chi connectivity index (χ4v) is 1.91. The molecular formula is C11H16BrNO. The van der Waals surface area contributed by atoms with Gasteiger partial charge in [-0.1, -0.05) is 12.1 Å². The van der Waals surface area contributed by atoms with E-state index in [4.69, 9.17) is 10.5 Å². The number of benzene rings is 1. The molecule has 1 aromatic carbocycles. The molecule has 2 N–H and O–H groups in total. The summed E-state index contributed by atoms with van der Waals surface area (Å²) >= 11 is 3.53. The second kappa shape index (κ2) is 5.37. The zero-order valence-corrected chi connectivity index (χ0v) is 10.2. The Morgan fingerprint density at radius 2 is 2.21 bits per heavy atom. The van der Waals surface area contributed by atoms with Crippen molar-refractivity contribution in [3.05, 3.63) is 28.2 Å². The van der Waals surface area contributed by atoms with E-state index >= 15 is 0 Å². The normalized spacial score (nSPS) is 12.6. The van der Waals surface area contributed by atoms with Gasteiger partial charge in [0.1, 0.15) is 5.75 Å². The van der Waals surface area contributed by atoms with E-state index in [-0.39, 0.29) is 6.04 Å². The summed E-state index contributed by atoms with van der Waals surface area (Å²) in [6, 6.07) is 6.28. The standard InChI is InChI=1S/C11H16BrNO/c1-8(13)6-7-9-4-3-5-10(14-2)11(9)12/h3-5,8H,6-7,13H2,1-2H3/t8-/m0/s1. The van der Waals surface area contributed by atoms with Crippen LogP contribution in [0.3, 0.4) is 0 Å². The summed E-state index contributed by atoms with van der Waals surface area (Å²) in [4.78, 5) is 0. The van der Waals surface area contributed by atoms with Gasteiger partial charge in [-0.15, -0.1) is 0 Å². The Kier molecular flexibility index (Phi) is 4.42. The number of halogens is 1. The maximum absolute atomic E-state index is 5.71. The molecule has 3 heteroatoms. The molecule has 0 aliphatic rings. The van der Waals surface area contributed by atoms with Crippen LogP contribution in [0, 0.1) is 0 Å². The number of hydrogen-bond acceptors (Lipinski definition) is 2. The fourth-order valence-electron chi connectivity index (χ4n) is 1.29. The third-order valence-corrected chi connectivity index (χ3v) is 3.03. The predicted octanol–water partition coefficient (Wildman–Crippen LogP) is 2.74. The van der Waals surface area contributed by atoms with Crippen LogP contribution in [0.1, 0.15) is 18.9 Å². The van der Waals surface area contributed by atoms with Crippen LogP contribution in [0.4, 0.5) is 0 Å². The average Bonchev–Trinajstić information content (AvgIpc) is 2.16. The average molecular weight is 258 g/mol. The number of methoxy groups -OCH3 is 1. The zero-order valence-electron chi connectivity index (χ0n) is 8.59. The Hall–Kier alpha value is -0.540. The van der Waals surface area contributed by atoms with E-state index in [1.165, 1.54) is 5.56 Å². The monoisotopic (exact) mass is 257 g/mol. The fraction of sp³-hybridized carbons (Fsp3) is 0.455. The van der Waals surface area contributed by atoms with E-state index in [0.29, 0.717) is 0 Å². The van der Waals surface area contributed by atoms with Crippen molar-refractivity contribution in [2.45, 2.75) is 25.8 Å². The molecule has 0 aliphatic carbocycles. The molecule has 1 atom stereocenters. The largest absolute Gasteiger partial charge is 0.496 e. The lowest BCUT2D eigenvalue weighted by molar-refractivity contribution is 0.411. The molecule has 0 spiro atoms. The molecule has 14 heavy (non-hydrogen) atoms. The van der Waals surface area contributed by atoms with Gasteiger partial charge in [-0.25, -0.2) is 0 Å². The van der Waals surface area contributed by atoms with Gasteiger partial charge in [0.05, 0.1) is 11.6 Å². The molecule has 0 unspecified atom stereocenters. The van der Waals surface area contributed by atoms with Gasteiger partial charge in [0.2, 0.25) is 0 Å². The van der Waals surface area contributed by atoms with Crippen molar-refractivity contribution in [2.24, 2.45) is 5.73 Å². The van der Waals surface area contributed by atoms with E-state index in [2.05, 4.69) is 22.0 Å². The first kappa shape index (κ1) is 11.5. The van der Waals surface area contributed by atoms with Gasteiger partial charge in [0.15, 0.2) is 0 Å². The number of aryl methyl sites for hydroxylation is 1. The Morgan fingerprint density at radius 3 is 2.79 bits per heavy atom. The van der Waals surface area contributed by atoms with Crippen LogP contribution < -0.4 is 10.5 Å². The lowest BCUT2D eigenvalue weighted by Gasteiger charge is -2.09. The van der Waals surface area contributed by atoms with Gasteiger partial charge in [0, 0.05) is 6.04 Å². The van der Waals surface area contributed by atoms with E-state index in [9.17, 15) is 0 Å². The van der Waals surface area contributed by atoms with Gasteiger partial charge in [0.25, 0.3) is 0 Å². The molecule has 0 fully saturated rings. The molecule has 0 saturated carbocycles. The van der Waals surface area contributed by atoms with Crippen molar-refractivity contribution in [1.29, 1.82) is 0 Å². The molecule has 1 rings (SSSR count).